The van der Waals surface area contributed by atoms with Crippen molar-refractivity contribution in [1.29, 1.82) is 0 Å². The number of carbonyl (C=O) groups excluding carboxylic acids is 1. The van der Waals surface area contributed by atoms with Gasteiger partial charge in [-0.1, -0.05) is 41.9 Å². The number of carbonyl (C=O) groups is 1. The minimum atomic E-state index is 0.0683. The van der Waals surface area contributed by atoms with E-state index in [1.165, 1.54) is 0 Å². The number of ketones is 1. The van der Waals surface area contributed by atoms with Gasteiger partial charge in [-0.05, 0) is 37.6 Å². The zero-order valence-electron chi connectivity index (χ0n) is 11.9. The number of hydrogen-bond donors (Lipinski definition) is 0. The molecule has 0 heterocycles. The van der Waals surface area contributed by atoms with E-state index in [4.69, 9.17) is 11.6 Å². The van der Waals surface area contributed by atoms with Gasteiger partial charge in [0.05, 0.1) is 6.04 Å². The summed E-state index contributed by atoms with van der Waals surface area (Å²) in [5.74, 6) is 0.0683. The summed E-state index contributed by atoms with van der Waals surface area (Å²) in [5.41, 5.74) is 2.70. The number of nitrogens with zero attached hydrogens (tertiary/aromatic N) is 1. The zero-order chi connectivity index (χ0) is 14.7. The highest BCUT2D eigenvalue weighted by Gasteiger charge is 2.18. The molecule has 1 unspecified atom stereocenters. The van der Waals surface area contributed by atoms with Crippen molar-refractivity contribution >= 4 is 23.1 Å². The summed E-state index contributed by atoms with van der Waals surface area (Å²) in [6.45, 7) is 3.67. The Hall–Kier alpha value is -1.80. The molecule has 20 heavy (non-hydrogen) atoms. The second kappa shape index (κ2) is 6.10. The fourth-order valence-electron chi connectivity index (χ4n) is 2.31. The Balaban J connectivity index is 2.39. The van der Waals surface area contributed by atoms with Crippen LogP contribution in [0.15, 0.2) is 48.5 Å². The Morgan fingerprint density at radius 3 is 2.35 bits per heavy atom. The van der Waals surface area contributed by atoms with Crippen LogP contribution >= 0.6 is 11.6 Å². The first-order valence-electron chi connectivity index (χ1n) is 6.59. The van der Waals surface area contributed by atoms with Gasteiger partial charge in [-0.15, -0.1) is 0 Å². The van der Waals surface area contributed by atoms with Crippen molar-refractivity contribution in [2.45, 2.75) is 19.9 Å². The van der Waals surface area contributed by atoms with E-state index >= 15 is 0 Å². The van der Waals surface area contributed by atoms with Gasteiger partial charge in [-0.3, -0.25) is 4.79 Å². The molecule has 2 rings (SSSR count). The quantitative estimate of drug-likeness (QED) is 0.757. The molecule has 0 fully saturated rings. The van der Waals surface area contributed by atoms with Gasteiger partial charge in [-0.2, -0.15) is 0 Å². The normalized spacial score (nSPS) is 12.0. The van der Waals surface area contributed by atoms with Crippen LogP contribution in [0.1, 0.15) is 35.8 Å². The van der Waals surface area contributed by atoms with Gasteiger partial charge in [0.2, 0.25) is 0 Å². The first-order valence-corrected chi connectivity index (χ1v) is 6.97. The third-order valence-electron chi connectivity index (χ3n) is 3.60. The molecule has 2 aromatic carbocycles. The molecule has 0 saturated heterocycles. The molecule has 0 aliphatic carbocycles. The SMILES string of the molecule is CC(=O)c1ccccc1N(C)C(C)c1ccccc1Cl. The van der Waals surface area contributed by atoms with Crippen LogP contribution in [0.5, 0.6) is 0 Å². The molecular weight excluding hydrogens is 270 g/mol. The number of para-hydroxylation sites is 1. The minimum Gasteiger partial charge on any atom is -0.367 e. The molecule has 2 nitrogen and oxygen atoms in total. The van der Waals surface area contributed by atoms with Crippen molar-refractivity contribution in [2.75, 3.05) is 11.9 Å². The van der Waals surface area contributed by atoms with Crippen molar-refractivity contribution in [3.05, 3.63) is 64.7 Å². The summed E-state index contributed by atoms with van der Waals surface area (Å²) in [7, 11) is 1.98. The summed E-state index contributed by atoms with van der Waals surface area (Å²) >= 11 is 6.26. The summed E-state index contributed by atoms with van der Waals surface area (Å²) in [6, 6.07) is 15.5. The summed E-state index contributed by atoms with van der Waals surface area (Å²) in [4.78, 5) is 13.8. The van der Waals surface area contributed by atoms with Gasteiger partial charge in [0.1, 0.15) is 0 Å². The maximum absolute atomic E-state index is 11.7. The average Bonchev–Trinajstić information content (AvgIpc) is 2.46. The molecule has 0 bridgehead atoms. The maximum Gasteiger partial charge on any atom is 0.161 e. The molecule has 0 amide bonds. The average molecular weight is 288 g/mol. The fraction of sp³-hybridized carbons (Fsp3) is 0.235. The van der Waals surface area contributed by atoms with Gasteiger partial charge in [0.15, 0.2) is 5.78 Å². The second-order valence-electron chi connectivity index (χ2n) is 4.88. The van der Waals surface area contributed by atoms with Crippen molar-refractivity contribution in [2.24, 2.45) is 0 Å². The monoisotopic (exact) mass is 287 g/mol. The predicted octanol–water partition coefficient (Wildman–Crippen LogP) is 4.74. The highest BCUT2D eigenvalue weighted by atomic mass is 35.5. The van der Waals surface area contributed by atoms with E-state index in [0.29, 0.717) is 0 Å². The van der Waals surface area contributed by atoms with Crippen molar-refractivity contribution in [1.82, 2.24) is 0 Å². The molecule has 3 heteroatoms. The molecular formula is C17H18ClNO. The predicted molar refractivity (Wildman–Crippen MR) is 84.7 cm³/mol. The molecule has 0 N–H and O–H groups in total. The molecule has 1 atom stereocenters. The van der Waals surface area contributed by atoms with Gasteiger partial charge in [-0.25, -0.2) is 0 Å². The lowest BCUT2D eigenvalue weighted by molar-refractivity contribution is 0.101. The summed E-state index contributed by atoms with van der Waals surface area (Å²) in [6.07, 6.45) is 0. The standard InChI is InChI=1S/C17H18ClNO/c1-12(14-8-4-6-10-16(14)18)19(3)17-11-7-5-9-15(17)13(2)20/h4-12H,1-3H3. The van der Waals surface area contributed by atoms with Crippen LogP contribution in [0.4, 0.5) is 5.69 Å². The smallest absolute Gasteiger partial charge is 0.161 e. The Morgan fingerprint density at radius 2 is 1.70 bits per heavy atom. The second-order valence-corrected chi connectivity index (χ2v) is 5.29. The van der Waals surface area contributed by atoms with Crippen LogP contribution < -0.4 is 4.90 Å². The van der Waals surface area contributed by atoms with Crippen LogP contribution in [-0.2, 0) is 0 Å². The molecule has 0 aliphatic rings. The number of anilines is 1. The lowest BCUT2D eigenvalue weighted by Gasteiger charge is -2.29. The number of benzene rings is 2. The Bertz CT molecular complexity index is 624. The topological polar surface area (TPSA) is 20.3 Å². The first kappa shape index (κ1) is 14.6. The van der Waals surface area contributed by atoms with Crippen molar-refractivity contribution in [3.8, 4) is 0 Å². The third-order valence-corrected chi connectivity index (χ3v) is 3.94. The lowest BCUT2D eigenvalue weighted by atomic mass is 10.0. The Morgan fingerprint density at radius 1 is 1.10 bits per heavy atom. The minimum absolute atomic E-state index is 0.0683. The molecule has 2 aromatic rings. The van der Waals surface area contributed by atoms with Crippen molar-refractivity contribution in [3.63, 3.8) is 0 Å². The molecule has 0 aromatic heterocycles. The van der Waals surface area contributed by atoms with E-state index in [0.717, 1.165) is 21.8 Å². The van der Waals surface area contributed by atoms with Crippen LogP contribution in [0.2, 0.25) is 5.02 Å². The van der Waals surface area contributed by atoms with E-state index in [1.807, 2.05) is 55.6 Å². The Kier molecular flexibility index (Phi) is 4.46. The highest BCUT2D eigenvalue weighted by Crippen LogP contribution is 2.31. The van der Waals surface area contributed by atoms with Crippen LogP contribution in [-0.4, -0.2) is 12.8 Å². The largest absolute Gasteiger partial charge is 0.367 e. The van der Waals surface area contributed by atoms with Gasteiger partial charge < -0.3 is 4.90 Å². The number of rotatable bonds is 4. The van der Waals surface area contributed by atoms with Crippen LogP contribution in [0, 0.1) is 0 Å². The van der Waals surface area contributed by atoms with Gasteiger partial charge >= 0.3 is 0 Å². The van der Waals surface area contributed by atoms with Crippen LogP contribution in [0.25, 0.3) is 0 Å². The summed E-state index contributed by atoms with van der Waals surface area (Å²) < 4.78 is 0. The lowest BCUT2D eigenvalue weighted by Crippen LogP contribution is -2.23. The Labute approximate surface area is 125 Å². The van der Waals surface area contributed by atoms with Crippen LogP contribution in [0.3, 0.4) is 0 Å². The number of halogens is 1. The highest BCUT2D eigenvalue weighted by molar-refractivity contribution is 6.31. The zero-order valence-corrected chi connectivity index (χ0v) is 12.7. The molecule has 0 aliphatic heterocycles. The number of hydrogen-bond acceptors (Lipinski definition) is 2. The third kappa shape index (κ3) is 2.86. The fourth-order valence-corrected chi connectivity index (χ4v) is 2.60. The molecule has 104 valence electrons. The summed E-state index contributed by atoms with van der Waals surface area (Å²) in [5, 5.41) is 0.743. The number of Topliss-reactive ketones (excluding diaryl/α,β-unsaturated/α-hetero) is 1. The molecule has 0 saturated carbocycles. The van der Waals surface area contributed by atoms with Gasteiger partial charge in [0, 0.05) is 23.3 Å². The maximum atomic E-state index is 11.7. The van der Waals surface area contributed by atoms with E-state index < -0.39 is 0 Å². The van der Waals surface area contributed by atoms with E-state index in [2.05, 4.69) is 11.8 Å². The van der Waals surface area contributed by atoms with Crippen molar-refractivity contribution < 1.29 is 4.79 Å². The molecule has 0 spiro atoms. The van der Waals surface area contributed by atoms with E-state index in [9.17, 15) is 4.79 Å². The first-order chi connectivity index (χ1) is 9.52. The molecule has 0 radical (unpaired) electrons. The van der Waals surface area contributed by atoms with E-state index in [-0.39, 0.29) is 11.8 Å². The van der Waals surface area contributed by atoms with E-state index in [1.54, 1.807) is 6.92 Å². The van der Waals surface area contributed by atoms with Gasteiger partial charge in [0.25, 0.3) is 0 Å².